The first-order chi connectivity index (χ1) is 12.2. The maximum atomic E-state index is 12.4. The second-order valence-corrected chi connectivity index (χ2v) is 7.94. The molecule has 2 N–H and O–H groups in total. The Balaban J connectivity index is 1.96. The van der Waals surface area contributed by atoms with Gasteiger partial charge < -0.3 is 10.1 Å². The second-order valence-electron chi connectivity index (χ2n) is 5.77. The van der Waals surface area contributed by atoms with Gasteiger partial charge in [0.15, 0.2) is 0 Å². The number of amides is 1. The standard InChI is InChI=1S/C18H21ClN2O4S/c1-12-4-7-17(13(2)10-12)26(23,24)21-9-8-20-18(22)15-11-14(19)5-6-16(15)25-3/h4-7,10-11,21H,8-9H2,1-3H3,(H,20,22). The highest BCUT2D eigenvalue weighted by atomic mass is 35.5. The summed E-state index contributed by atoms with van der Waals surface area (Å²) >= 11 is 5.91. The molecular weight excluding hydrogens is 376 g/mol. The molecule has 0 atom stereocenters. The van der Waals surface area contributed by atoms with Gasteiger partial charge in [0, 0.05) is 18.1 Å². The van der Waals surface area contributed by atoms with Crippen molar-refractivity contribution in [2.75, 3.05) is 20.2 Å². The van der Waals surface area contributed by atoms with E-state index < -0.39 is 15.9 Å². The van der Waals surface area contributed by atoms with E-state index in [0.29, 0.717) is 16.3 Å². The van der Waals surface area contributed by atoms with Crippen LogP contribution in [0.3, 0.4) is 0 Å². The third kappa shape index (κ3) is 4.97. The van der Waals surface area contributed by atoms with Crippen LogP contribution in [0.15, 0.2) is 41.3 Å². The number of rotatable bonds is 7. The maximum Gasteiger partial charge on any atom is 0.255 e. The summed E-state index contributed by atoms with van der Waals surface area (Å²) in [5.41, 5.74) is 1.95. The molecule has 0 heterocycles. The highest BCUT2D eigenvalue weighted by molar-refractivity contribution is 7.89. The number of carbonyl (C=O) groups excluding carboxylic acids is 1. The smallest absolute Gasteiger partial charge is 0.255 e. The molecule has 0 saturated heterocycles. The van der Waals surface area contributed by atoms with Crippen LogP contribution in [0.5, 0.6) is 5.75 Å². The first kappa shape index (κ1) is 20.2. The zero-order valence-corrected chi connectivity index (χ0v) is 16.4. The van der Waals surface area contributed by atoms with Crippen LogP contribution in [0.2, 0.25) is 5.02 Å². The number of hydrogen-bond donors (Lipinski definition) is 2. The van der Waals surface area contributed by atoms with Gasteiger partial charge in [-0.05, 0) is 43.7 Å². The first-order valence-electron chi connectivity index (χ1n) is 7.93. The van der Waals surface area contributed by atoms with E-state index >= 15 is 0 Å². The van der Waals surface area contributed by atoms with E-state index in [2.05, 4.69) is 10.0 Å². The van der Waals surface area contributed by atoms with Gasteiger partial charge in [-0.25, -0.2) is 13.1 Å². The van der Waals surface area contributed by atoms with Crippen LogP contribution in [0.1, 0.15) is 21.5 Å². The highest BCUT2D eigenvalue weighted by Crippen LogP contribution is 2.22. The Bertz CT molecular complexity index is 913. The van der Waals surface area contributed by atoms with Gasteiger partial charge in [-0.2, -0.15) is 0 Å². The molecular formula is C18H21ClN2O4S. The summed E-state index contributed by atoms with van der Waals surface area (Å²) in [6.07, 6.45) is 0. The molecule has 2 aromatic rings. The summed E-state index contributed by atoms with van der Waals surface area (Å²) < 4.78 is 32.3. The van der Waals surface area contributed by atoms with Crippen molar-refractivity contribution >= 4 is 27.5 Å². The Labute approximate surface area is 158 Å². The lowest BCUT2D eigenvalue weighted by Gasteiger charge is -2.12. The van der Waals surface area contributed by atoms with Crippen LogP contribution < -0.4 is 14.8 Å². The monoisotopic (exact) mass is 396 g/mol. The summed E-state index contributed by atoms with van der Waals surface area (Å²) in [6.45, 7) is 3.83. The average molecular weight is 397 g/mol. The van der Waals surface area contributed by atoms with Gasteiger partial charge in [0.1, 0.15) is 5.75 Å². The Morgan fingerprint density at radius 3 is 2.50 bits per heavy atom. The number of aryl methyl sites for hydroxylation is 2. The molecule has 0 aliphatic carbocycles. The van der Waals surface area contributed by atoms with Gasteiger partial charge in [0.25, 0.3) is 5.91 Å². The normalized spacial score (nSPS) is 11.2. The molecule has 140 valence electrons. The van der Waals surface area contributed by atoms with Gasteiger partial charge in [-0.1, -0.05) is 29.3 Å². The van der Waals surface area contributed by atoms with Crippen LogP contribution in [0, 0.1) is 13.8 Å². The first-order valence-corrected chi connectivity index (χ1v) is 9.79. The molecule has 0 aromatic heterocycles. The lowest BCUT2D eigenvalue weighted by atomic mass is 10.2. The molecule has 2 aromatic carbocycles. The van der Waals surface area contributed by atoms with Gasteiger partial charge >= 0.3 is 0 Å². The summed E-state index contributed by atoms with van der Waals surface area (Å²) in [6, 6.07) is 9.84. The van der Waals surface area contributed by atoms with Crippen molar-refractivity contribution in [1.29, 1.82) is 0 Å². The minimum Gasteiger partial charge on any atom is -0.496 e. The fourth-order valence-electron chi connectivity index (χ4n) is 2.49. The fourth-order valence-corrected chi connectivity index (χ4v) is 3.92. The number of carbonyl (C=O) groups is 1. The average Bonchev–Trinajstić information content (AvgIpc) is 2.58. The summed E-state index contributed by atoms with van der Waals surface area (Å²) in [5, 5.41) is 3.05. The molecule has 0 spiro atoms. The van der Waals surface area contributed by atoms with Crippen molar-refractivity contribution in [3.05, 3.63) is 58.1 Å². The Hall–Kier alpha value is -2.09. The largest absolute Gasteiger partial charge is 0.496 e. The van der Waals surface area contributed by atoms with Gasteiger partial charge in [0.2, 0.25) is 10.0 Å². The molecule has 0 bridgehead atoms. The maximum absolute atomic E-state index is 12.4. The van der Waals surface area contributed by atoms with Gasteiger partial charge in [-0.3, -0.25) is 4.79 Å². The zero-order valence-electron chi connectivity index (χ0n) is 14.8. The van der Waals surface area contributed by atoms with Crippen LogP contribution in [0.4, 0.5) is 0 Å². The van der Waals surface area contributed by atoms with Crippen LogP contribution >= 0.6 is 11.6 Å². The number of sulfonamides is 1. The van der Waals surface area contributed by atoms with Crippen molar-refractivity contribution in [3.63, 3.8) is 0 Å². The molecule has 0 radical (unpaired) electrons. The van der Waals surface area contributed by atoms with E-state index in [9.17, 15) is 13.2 Å². The van der Waals surface area contributed by atoms with E-state index in [1.807, 2.05) is 13.0 Å². The second kappa shape index (κ2) is 8.53. The third-order valence-electron chi connectivity index (χ3n) is 3.73. The fraction of sp³-hybridized carbons (Fsp3) is 0.278. The summed E-state index contributed by atoms with van der Waals surface area (Å²) in [7, 11) is -2.18. The number of hydrogen-bond acceptors (Lipinski definition) is 4. The van der Waals surface area contributed by atoms with Crippen molar-refractivity contribution in [1.82, 2.24) is 10.0 Å². The molecule has 8 heteroatoms. The van der Waals surface area contributed by atoms with E-state index in [1.165, 1.54) is 13.2 Å². The third-order valence-corrected chi connectivity index (χ3v) is 5.59. The molecule has 0 saturated carbocycles. The number of halogens is 1. The van der Waals surface area contributed by atoms with E-state index in [-0.39, 0.29) is 23.5 Å². The minimum atomic E-state index is -3.64. The van der Waals surface area contributed by atoms with Crippen molar-refractivity contribution in [2.24, 2.45) is 0 Å². The predicted octanol–water partition coefficient (Wildman–Crippen LogP) is 2.67. The SMILES string of the molecule is COc1ccc(Cl)cc1C(=O)NCCNS(=O)(=O)c1ccc(C)cc1C. The van der Waals surface area contributed by atoms with Gasteiger partial charge in [0.05, 0.1) is 17.6 Å². The molecule has 0 fully saturated rings. The molecule has 0 aliphatic rings. The Morgan fingerprint density at radius 2 is 1.85 bits per heavy atom. The lowest BCUT2D eigenvalue weighted by Crippen LogP contribution is -2.35. The highest BCUT2D eigenvalue weighted by Gasteiger charge is 2.17. The zero-order chi connectivity index (χ0) is 19.3. The van der Waals surface area contributed by atoms with E-state index in [4.69, 9.17) is 16.3 Å². The predicted molar refractivity (Wildman–Crippen MR) is 101 cm³/mol. The topological polar surface area (TPSA) is 84.5 Å². The number of methoxy groups -OCH3 is 1. The molecule has 2 rings (SSSR count). The molecule has 6 nitrogen and oxygen atoms in total. The van der Waals surface area contributed by atoms with Crippen molar-refractivity contribution in [2.45, 2.75) is 18.7 Å². The Kier molecular flexibility index (Phi) is 6.63. The molecule has 26 heavy (non-hydrogen) atoms. The van der Waals surface area contributed by atoms with E-state index in [1.54, 1.807) is 31.2 Å². The number of benzene rings is 2. The number of ether oxygens (including phenoxy) is 1. The van der Waals surface area contributed by atoms with Gasteiger partial charge in [-0.15, -0.1) is 0 Å². The van der Waals surface area contributed by atoms with E-state index in [0.717, 1.165) is 5.56 Å². The van der Waals surface area contributed by atoms with Crippen molar-refractivity contribution < 1.29 is 17.9 Å². The minimum absolute atomic E-state index is 0.0598. The van der Waals surface area contributed by atoms with Crippen LogP contribution in [-0.4, -0.2) is 34.5 Å². The quantitative estimate of drug-likeness (QED) is 0.704. The summed E-state index contributed by atoms with van der Waals surface area (Å²) in [4.78, 5) is 12.5. The Morgan fingerprint density at radius 1 is 1.12 bits per heavy atom. The number of nitrogens with one attached hydrogen (secondary N) is 2. The van der Waals surface area contributed by atoms with Crippen LogP contribution in [-0.2, 0) is 10.0 Å². The lowest BCUT2D eigenvalue weighted by molar-refractivity contribution is 0.0951. The van der Waals surface area contributed by atoms with Crippen LogP contribution in [0.25, 0.3) is 0 Å². The van der Waals surface area contributed by atoms with Crippen molar-refractivity contribution in [3.8, 4) is 5.75 Å². The molecule has 1 amide bonds. The summed E-state index contributed by atoms with van der Waals surface area (Å²) in [5.74, 6) is -0.00201. The molecule has 0 aliphatic heterocycles. The molecule has 0 unspecified atom stereocenters.